The van der Waals surface area contributed by atoms with E-state index in [0.29, 0.717) is 11.0 Å². The van der Waals surface area contributed by atoms with E-state index in [1.165, 1.54) is 4.57 Å². The van der Waals surface area contributed by atoms with Crippen LogP contribution in [-0.4, -0.2) is 14.1 Å². The van der Waals surface area contributed by atoms with Gasteiger partial charge in [-0.25, -0.2) is 4.98 Å². The van der Waals surface area contributed by atoms with Crippen molar-refractivity contribution in [1.29, 1.82) is 0 Å². The lowest BCUT2D eigenvalue weighted by atomic mass is 10.4. The lowest BCUT2D eigenvalue weighted by Crippen LogP contribution is -2.17. The third-order valence-corrected chi connectivity index (χ3v) is 2.57. The van der Waals surface area contributed by atoms with Gasteiger partial charge in [-0.05, 0) is 15.9 Å². The SMILES string of the molecule is Cn1cc(Br)c2ncn(C)c2c1=O. The van der Waals surface area contributed by atoms with Crippen molar-refractivity contribution in [2.24, 2.45) is 14.1 Å². The van der Waals surface area contributed by atoms with Gasteiger partial charge in [0.1, 0.15) is 11.0 Å². The van der Waals surface area contributed by atoms with Crippen molar-refractivity contribution in [3.63, 3.8) is 0 Å². The summed E-state index contributed by atoms with van der Waals surface area (Å²) >= 11 is 3.36. The van der Waals surface area contributed by atoms with Crippen LogP contribution in [0.3, 0.4) is 0 Å². The minimum absolute atomic E-state index is 0.0294. The van der Waals surface area contributed by atoms with Gasteiger partial charge in [-0.1, -0.05) is 0 Å². The van der Waals surface area contributed by atoms with E-state index in [-0.39, 0.29) is 5.56 Å². The molecule has 68 valence electrons. The molecule has 0 aliphatic heterocycles. The van der Waals surface area contributed by atoms with Crippen molar-refractivity contribution in [1.82, 2.24) is 14.1 Å². The summed E-state index contributed by atoms with van der Waals surface area (Å²) in [5, 5.41) is 0. The van der Waals surface area contributed by atoms with Gasteiger partial charge in [-0.15, -0.1) is 0 Å². The van der Waals surface area contributed by atoms with Gasteiger partial charge in [0.15, 0.2) is 0 Å². The van der Waals surface area contributed by atoms with Gasteiger partial charge in [0.2, 0.25) is 0 Å². The number of rotatable bonds is 0. The van der Waals surface area contributed by atoms with Gasteiger partial charge in [-0.2, -0.15) is 0 Å². The van der Waals surface area contributed by atoms with Crippen molar-refractivity contribution in [2.45, 2.75) is 0 Å². The van der Waals surface area contributed by atoms with Crippen LogP contribution in [0.1, 0.15) is 0 Å². The van der Waals surface area contributed by atoms with Crippen LogP contribution in [0.5, 0.6) is 0 Å². The first-order chi connectivity index (χ1) is 6.11. The number of nitrogens with zero attached hydrogens (tertiary/aromatic N) is 3. The highest BCUT2D eigenvalue weighted by Gasteiger charge is 2.09. The zero-order chi connectivity index (χ0) is 9.59. The predicted octanol–water partition coefficient (Wildman–Crippen LogP) is 1.03. The molecule has 0 atom stereocenters. The fourth-order valence-electron chi connectivity index (χ4n) is 1.31. The third kappa shape index (κ3) is 1.11. The monoisotopic (exact) mass is 241 g/mol. The van der Waals surface area contributed by atoms with Crippen molar-refractivity contribution < 1.29 is 0 Å². The zero-order valence-electron chi connectivity index (χ0n) is 7.28. The maximum absolute atomic E-state index is 11.6. The third-order valence-electron chi connectivity index (χ3n) is 1.99. The molecule has 0 amide bonds. The Kier molecular flexibility index (Phi) is 1.76. The Bertz CT molecular complexity index is 526. The summed E-state index contributed by atoms with van der Waals surface area (Å²) < 4.78 is 4.10. The Labute approximate surface area is 82.9 Å². The van der Waals surface area contributed by atoms with E-state index < -0.39 is 0 Å². The Morgan fingerprint density at radius 1 is 1.38 bits per heavy atom. The summed E-state index contributed by atoms with van der Waals surface area (Å²) in [6, 6.07) is 0. The lowest BCUT2D eigenvalue weighted by Gasteiger charge is -2.00. The van der Waals surface area contributed by atoms with Crippen molar-refractivity contribution in [3.8, 4) is 0 Å². The molecule has 0 bridgehead atoms. The van der Waals surface area contributed by atoms with Crippen LogP contribution < -0.4 is 5.56 Å². The molecular formula is C8H8BrN3O. The van der Waals surface area contributed by atoms with Gasteiger partial charge in [0, 0.05) is 20.3 Å². The first-order valence-corrected chi connectivity index (χ1v) is 4.56. The van der Waals surface area contributed by atoms with E-state index in [9.17, 15) is 4.79 Å². The van der Waals surface area contributed by atoms with Crippen LogP contribution in [0.2, 0.25) is 0 Å². The molecule has 0 aromatic carbocycles. The maximum Gasteiger partial charge on any atom is 0.276 e. The van der Waals surface area contributed by atoms with Gasteiger partial charge in [0.05, 0.1) is 10.8 Å². The second-order valence-electron chi connectivity index (χ2n) is 2.95. The molecule has 0 fully saturated rings. The second kappa shape index (κ2) is 2.70. The second-order valence-corrected chi connectivity index (χ2v) is 3.80. The molecule has 0 spiro atoms. The van der Waals surface area contributed by atoms with Gasteiger partial charge in [0.25, 0.3) is 5.56 Å². The topological polar surface area (TPSA) is 39.8 Å². The Balaban J connectivity index is 3.10. The van der Waals surface area contributed by atoms with E-state index in [1.807, 2.05) is 7.05 Å². The highest BCUT2D eigenvalue weighted by molar-refractivity contribution is 9.10. The van der Waals surface area contributed by atoms with Crippen LogP contribution in [-0.2, 0) is 14.1 Å². The number of fused-ring (bicyclic) bond motifs is 1. The molecule has 2 aromatic rings. The fraction of sp³-hybridized carbons (Fsp3) is 0.250. The summed E-state index contributed by atoms with van der Waals surface area (Å²) in [7, 11) is 3.53. The number of imidazole rings is 1. The summed E-state index contributed by atoms with van der Waals surface area (Å²) in [5.74, 6) is 0. The lowest BCUT2D eigenvalue weighted by molar-refractivity contribution is 0.849. The number of hydrogen-bond donors (Lipinski definition) is 0. The molecule has 4 nitrogen and oxygen atoms in total. The molecule has 2 aromatic heterocycles. The molecule has 13 heavy (non-hydrogen) atoms. The van der Waals surface area contributed by atoms with E-state index >= 15 is 0 Å². The smallest absolute Gasteiger partial charge is 0.276 e. The van der Waals surface area contributed by atoms with Gasteiger partial charge in [-0.3, -0.25) is 4.79 Å². The molecule has 0 saturated heterocycles. The zero-order valence-corrected chi connectivity index (χ0v) is 8.87. The molecule has 0 unspecified atom stereocenters. The number of aryl methyl sites for hydroxylation is 2. The minimum Gasteiger partial charge on any atom is -0.329 e. The molecule has 0 N–H and O–H groups in total. The Morgan fingerprint density at radius 3 is 2.77 bits per heavy atom. The van der Waals surface area contributed by atoms with E-state index in [1.54, 1.807) is 24.1 Å². The van der Waals surface area contributed by atoms with Crippen LogP contribution in [0, 0.1) is 0 Å². The largest absolute Gasteiger partial charge is 0.329 e. The maximum atomic E-state index is 11.6. The molecule has 0 radical (unpaired) electrons. The van der Waals surface area contributed by atoms with Crippen LogP contribution in [0.25, 0.3) is 11.0 Å². The Hall–Kier alpha value is -1.10. The average Bonchev–Trinajstić information content (AvgIpc) is 2.44. The number of halogens is 1. The first kappa shape index (κ1) is 8.50. The van der Waals surface area contributed by atoms with E-state index in [0.717, 1.165) is 4.47 Å². The highest BCUT2D eigenvalue weighted by atomic mass is 79.9. The van der Waals surface area contributed by atoms with E-state index in [2.05, 4.69) is 20.9 Å². The fourth-order valence-corrected chi connectivity index (χ4v) is 1.91. The van der Waals surface area contributed by atoms with Crippen LogP contribution in [0.4, 0.5) is 0 Å². The number of hydrogen-bond acceptors (Lipinski definition) is 2. The molecule has 0 aliphatic rings. The number of pyridine rings is 1. The van der Waals surface area contributed by atoms with Crippen LogP contribution in [0.15, 0.2) is 21.8 Å². The minimum atomic E-state index is -0.0294. The Morgan fingerprint density at radius 2 is 2.08 bits per heavy atom. The highest BCUT2D eigenvalue weighted by Crippen LogP contribution is 2.18. The standard InChI is InChI=1S/C8H8BrN3O/c1-11-3-5(9)6-7(8(11)13)12(2)4-10-6/h3-4H,1-2H3. The molecule has 0 saturated carbocycles. The van der Waals surface area contributed by atoms with Crippen LogP contribution >= 0.6 is 15.9 Å². The molecule has 5 heteroatoms. The van der Waals surface area contributed by atoms with Gasteiger partial charge >= 0.3 is 0 Å². The first-order valence-electron chi connectivity index (χ1n) is 3.77. The molecule has 2 heterocycles. The molecule has 2 rings (SSSR count). The normalized spacial score (nSPS) is 11.0. The molecule has 0 aliphatic carbocycles. The summed E-state index contributed by atoms with van der Waals surface area (Å²) in [4.78, 5) is 15.8. The van der Waals surface area contributed by atoms with Crippen molar-refractivity contribution >= 4 is 27.0 Å². The van der Waals surface area contributed by atoms with Gasteiger partial charge < -0.3 is 9.13 Å². The predicted molar refractivity (Wildman–Crippen MR) is 53.7 cm³/mol. The summed E-state index contributed by atoms with van der Waals surface area (Å²) in [6.45, 7) is 0. The van der Waals surface area contributed by atoms with Crippen molar-refractivity contribution in [2.75, 3.05) is 0 Å². The average molecular weight is 242 g/mol. The van der Waals surface area contributed by atoms with E-state index in [4.69, 9.17) is 0 Å². The van der Waals surface area contributed by atoms with Crippen molar-refractivity contribution in [3.05, 3.63) is 27.4 Å². The summed E-state index contributed by atoms with van der Waals surface area (Å²) in [6.07, 6.45) is 3.36. The number of aromatic nitrogens is 3. The molecular weight excluding hydrogens is 234 g/mol. The summed E-state index contributed by atoms with van der Waals surface area (Å²) in [5.41, 5.74) is 1.31. The quantitative estimate of drug-likeness (QED) is 0.692.